The molecule has 1 saturated heterocycles. The van der Waals surface area contributed by atoms with Gasteiger partial charge in [0.2, 0.25) is 5.91 Å². The molecule has 1 amide bonds. The van der Waals surface area contributed by atoms with E-state index in [1.165, 1.54) is 0 Å². The number of amides is 1. The third-order valence-electron chi connectivity index (χ3n) is 2.61. The van der Waals surface area contributed by atoms with Gasteiger partial charge in [0.1, 0.15) is 0 Å². The minimum Gasteiger partial charge on any atom is -0.339 e. The third kappa shape index (κ3) is 3.50. The van der Waals surface area contributed by atoms with Crippen molar-refractivity contribution >= 4 is 5.91 Å². The molecule has 1 fully saturated rings. The van der Waals surface area contributed by atoms with Crippen molar-refractivity contribution in [2.45, 2.75) is 19.4 Å². The van der Waals surface area contributed by atoms with Crippen LogP contribution in [0.4, 0.5) is 0 Å². The quantitative estimate of drug-likeness (QED) is 0.674. The zero-order valence-electron chi connectivity index (χ0n) is 9.15. The Bertz CT molecular complexity index is 251. The number of rotatable bonds is 3. The number of nitriles is 1. The Morgan fingerprint density at radius 2 is 2.07 bits per heavy atom. The molecule has 1 aliphatic heterocycles. The standard InChI is InChI=1S/C10H18N4O/c1-9(12)10(15)14-7-5-13(6-8-14)4-2-3-11/h9H,2,4-8,12H2,1H3. The monoisotopic (exact) mass is 210 g/mol. The average Bonchev–Trinajstić information content (AvgIpc) is 2.26. The van der Waals surface area contributed by atoms with Crippen molar-refractivity contribution < 1.29 is 4.79 Å². The molecule has 1 aliphatic rings. The molecule has 0 aromatic heterocycles. The Morgan fingerprint density at radius 1 is 1.47 bits per heavy atom. The number of carbonyl (C=O) groups excluding carboxylic acids is 1. The normalized spacial score (nSPS) is 19.7. The van der Waals surface area contributed by atoms with Gasteiger partial charge in [0.25, 0.3) is 0 Å². The molecule has 0 saturated carbocycles. The van der Waals surface area contributed by atoms with Gasteiger partial charge in [0.15, 0.2) is 0 Å². The first kappa shape index (κ1) is 12.0. The van der Waals surface area contributed by atoms with Crippen molar-refractivity contribution in [1.82, 2.24) is 9.80 Å². The van der Waals surface area contributed by atoms with Gasteiger partial charge in [0, 0.05) is 39.1 Å². The van der Waals surface area contributed by atoms with E-state index in [4.69, 9.17) is 11.0 Å². The summed E-state index contributed by atoms with van der Waals surface area (Å²) in [5.74, 6) is 0.0231. The fourth-order valence-electron chi connectivity index (χ4n) is 1.69. The van der Waals surface area contributed by atoms with Crippen LogP contribution >= 0.6 is 0 Å². The number of piperazine rings is 1. The van der Waals surface area contributed by atoms with E-state index in [-0.39, 0.29) is 5.91 Å². The summed E-state index contributed by atoms with van der Waals surface area (Å²) in [5, 5.41) is 8.45. The third-order valence-corrected chi connectivity index (χ3v) is 2.61. The molecule has 0 spiro atoms. The Hall–Kier alpha value is -1.12. The second-order valence-corrected chi connectivity index (χ2v) is 3.86. The van der Waals surface area contributed by atoms with E-state index in [2.05, 4.69) is 11.0 Å². The van der Waals surface area contributed by atoms with E-state index < -0.39 is 6.04 Å². The van der Waals surface area contributed by atoms with Crippen LogP contribution in [0.15, 0.2) is 0 Å². The van der Waals surface area contributed by atoms with Crippen LogP contribution in [0, 0.1) is 11.3 Å². The van der Waals surface area contributed by atoms with E-state index in [0.29, 0.717) is 6.42 Å². The molecule has 1 rings (SSSR count). The van der Waals surface area contributed by atoms with E-state index in [1.54, 1.807) is 11.8 Å². The molecular formula is C10H18N4O. The first-order chi connectivity index (χ1) is 7.15. The maximum absolute atomic E-state index is 11.5. The first-order valence-electron chi connectivity index (χ1n) is 5.29. The van der Waals surface area contributed by atoms with Gasteiger partial charge < -0.3 is 10.6 Å². The van der Waals surface area contributed by atoms with Gasteiger partial charge in [0.05, 0.1) is 12.1 Å². The Kier molecular flexibility index (Phi) is 4.53. The van der Waals surface area contributed by atoms with E-state index in [1.807, 2.05) is 0 Å². The number of hydrogen-bond donors (Lipinski definition) is 1. The zero-order valence-corrected chi connectivity index (χ0v) is 9.15. The van der Waals surface area contributed by atoms with Crippen molar-refractivity contribution in [3.05, 3.63) is 0 Å². The van der Waals surface area contributed by atoms with E-state index in [9.17, 15) is 4.79 Å². The average molecular weight is 210 g/mol. The van der Waals surface area contributed by atoms with Gasteiger partial charge in [-0.3, -0.25) is 9.69 Å². The summed E-state index contributed by atoms with van der Waals surface area (Å²) in [5.41, 5.74) is 5.53. The molecule has 0 bridgehead atoms. The lowest BCUT2D eigenvalue weighted by Crippen LogP contribution is -2.52. The van der Waals surface area contributed by atoms with E-state index >= 15 is 0 Å². The molecular weight excluding hydrogens is 192 g/mol. The molecule has 0 aromatic rings. The molecule has 5 heteroatoms. The van der Waals surface area contributed by atoms with Crippen molar-refractivity contribution in [3.63, 3.8) is 0 Å². The number of carbonyl (C=O) groups is 1. The molecule has 1 unspecified atom stereocenters. The highest BCUT2D eigenvalue weighted by Crippen LogP contribution is 2.03. The highest BCUT2D eigenvalue weighted by molar-refractivity contribution is 5.81. The predicted molar refractivity (Wildman–Crippen MR) is 56.9 cm³/mol. The summed E-state index contributed by atoms with van der Waals surface area (Å²) < 4.78 is 0. The number of hydrogen-bond acceptors (Lipinski definition) is 4. The summed E-state index contributed by atoms with van der Waals surface area (Å²) in [7, 11) is 0. The van der Waals surface area contributed by atoms with Gasteiger partial charge in [-0.15, -0.1) is 0 Å². The van der Waals surface area contributed by atoms with Crippen LogP contribution in [-0.4, -0.2) is 54.5 Å². The molecule has 15 heavy (non-hydrogen) atoms. The van der Waals surface area contributed by atoms with Crippen LogP contribution in [0.5, 0.6) is 0 Å². The molecule has 0 radical (unpaired) electrons. The smallest absolute Gasteiger partial charge is 0.239 e. The van der Waals surface area contributed by atoms with Gasteiger partial charge in [-0.25, -0.2) is 0 Å². The maximum Gasteiger partial charge on any atom is 0.239 e. The summed E-state index contributed by atoms with van der Waals surface area (Å²) in [6, 6.07) is 1.72. The molecule has 5 nitrogen and oxygen atoms in total. The fraction of sp³-hybridized carbons (Fsp3) is 0.800. The largest absolute Gasteiger partial charge is 0.339 e. The minimum atomic E-state index is -0.407. The van der Waals surface area contributed by atoms with Crippen LogP contribution in [0.2, 0.25) is 0 Å². The number of nitrogens with zero attached hydrogens (tertiary/aromatic N) is 3. The molecule has 0 aromatic carbocycles. The summed E-state index contributed by atoms with van der Waals surface area (Å²) >= 11 is 0. The van der Waals surface area contributed by atoms with Gasteiger partial charge in [-0.05, 0) is 6.92 Å². The molecule has 84 valence electrons. The van der Waals surface area contributed by atoms with Crippen molar-refractivity contribution in [2.75, 3.05) is 32.7 Å². The molecule has 1 atom stereocenters. The summed E-state index contributed by atoms with van der Waals surface area (Å²) in [6.45, 7) is 5.67. The molecule has 0 aliphatic carbocycles. The lowest BCUT2D eigenvalue weighted by molar-refractivity contribution is -0.133. The van der Waals surface area contributed by atoms with Crippen LogP contribution in [0.25, 0.3) is 0 Å². The van der Waals surface area contributed by atoms with Crippen LogP contribution in [0.3, 0.4) is 0 Å². The molecule has 1 heterocycles. The lowest BCUT2D eigenvalue weighted by atomic mass is 10.2. The topological polar surface area (TPSA) is 73.4 Å². The Labute approximate surface area is 90.4 Å². The van der Waals surface area contributed by atoms with Crippen LogP contribution in [0.1, 0.15) is 13.3 Å². The first-order valence-corrected chi connectivity index (χ1v) is 5.29. The SMILES string of the molecule is CC(N)C(=O)N1CCN(CCC#N)CC1. The van der Waals surface area contributed by atoms with Crippen molar-refractivity contribution in [2.24, 2.45) is 5.73 Å². The van der Waals surface area contributed by atoms with Crippen LogP contribution < -0.4 is 5.73 Å². The van der Waals surface area contributed by atoms with Gasteiger partial charge >= 0.3 is 0 Å². The van der Waals surface area contributed by atoms with Crippen molar-refractivity contribution in [3.8, 4) is 6.07 Å². The predicted octanol–water partition coefficient (Wildman–Crippen LogP) is -0.609. The van der Waals surface area contributed by atoms with Crippen LogP contribution in [-0.2, 0) is 4.79 Å². The number of nitrogens with two attached hydrogens (primary N) is 1. The van der Waals surface area contributed by atoms with E-state index in [0.717, 1.165) is 32.7 Å². The van der Waals surface area contributed by atoms with Crippen molar-refractivity contribution in [1.29, 1.82) is 5.26 Å². The maximum atomic E-state index is 11.5. The molecule has 2 N–H and O–H groups in total. The van der Waals surface area contributed by atoms with Gasteiger partial charge in [-0.1, -0.05) is 0 Å². The Morgan fingerprint density at radius 3 is 2.53 bits per heavy atom. The second-order valence-electron chi connectivity index (χ2n) is 3.86. The fourth-order valence-corrected chi connectivity index (χ4v) is 1.69. The highest BCUT2D eigenvalue weighted by Gasteiger charge is 2.22. The van der Waals surface area contributed by atoms with Gasteiger partial charge in [-0.2, -0.15) is 5.26 Å². The highest BCUT2D eigenvalue weighted by atomic mass is 16.2. The summed E-state index contributed by atoms with van der Waals surface area (Å²) in [6.07, 6.45) is 0.557. The zero-order chi connectivity index (χ0) is 11.3. The summed E-state index contributed by atoms with van der Waals surface area (Å²) in [4.78, 5) is 15.6. The second kappa shape index (κ2) is 5.69. The minimum absolute atomic E-state index is 0.0231. The Balaban J connectivity index is 2.30. The lowest BCUT2D eigenvalue weighted by Gasteiger charge is -2.35.